The van der Waals surface area contributed by atoms with Gasteiger partial charge in [0.15, 0.2) is 6.61 Å². The predicted molar refractivity (Wildman–Crippen MR) is 109 cm³/mol. The first-order valence-corrected chi connectivity index (χ1v) is 8.70. The number of nitro groups is 1. The van der Waals surface area contributed by atoms with E-state index in [2.05, 4.69) is 26.1 Å². The third kappa shape index (κ3) is 5.10. The van der Waals surface area contributed by atoms with Gasteiger partial charge in [-0.1, -0.05) is 30.3 Å². The van der Waals surface area contributed by atoms with Crippen molar-refractivity contribution in [1.82, 2.24) is 15.4 Å². The summed E-state index contributed by atoms with van der Waals surface area (Å²) in [6.45, 7) is -0.289. The van der Waals surface area contributed by atoms with E-state index in [1.165, 1.54) is 7.11 Å². The van der Waals surface area contributed by atoms with Gasteiger partial charge in [-0.15, -0.1) is 0 Å². The summed E-state index contributed by atoms with van der Waals surface area (Å²) < 4.78 is 10.5. The van der Waals surface area contributed by atoms with E-state index in [1.54, 1.807) is 48.5 Å². The third-order valence-corrected chi connectivity index (χ3v) is 3.80. The van der Waals surface area contributed by atoms with Crippen molar-refractivity contribution in [3.05, 3.63) is 71.0 Å². The van der Waals surface area contributed by atoms with Gasteiger partial charge < -0.3 is 14.8 Å². The molecule has 3 N–H and O–H groups in total. The van der Waals surface area contributed by atoms with Gasteiger partial charge in [-0.2, -0.15) is 0 Å². The standard InChI is InChI=1S/C19H18N6O5/c1-29-15-10-6-5-9-14(15)22-18-17(25(27)28)19(21-12-20-18)24-23-16(26)11-30-13-7-3-2-4-8-13/h2-10,12H,11H2,1H3,(H,23,26)(H2,20,21,22,24). The Balaban J connectivity index is 1.71. The average molecular weight is 410 g/mol. The molecule has 1 aromatic heterocycles. The second-order valence-electron chi connectivity index (χ2n) is 5.78. The Kier molecular flexibility index (Phi) is 6.56. The summed E-state index contributed by atoms with van der Waals surface area (Å²) in [5.41, 5.74) is 4.79. The van der Waals surface area contributed by atoms with Crippen molar-refractivity contribution >= 4 is 28.9 Å². The largest absolute Gasteiger partial charge is 0.495 e. The molecule has 0 aliphatic heterocycles. The zero-order chi connectivity index (χ0) is 21.3. The molecule has 2 aromatic carbocycles. The van der Waals surface area contributed by atoms with Gasteiger partial charge in [0.2, 0.25) is 11.6 Å². The molecular weight excluding hydrogens is 392 g/mol. The number of hydrogen-bond donors (Lipinski definition) is 3. The van der Waals surface area contributed by atoms with Crippen LogP contribution in [0.4, 0.5) is 23.0 Å². The van der Waals surface area contributed by atoms with E-state index in [0.717, 1.165) is 6.33 Å². The van der Waals surface area contributed by atoms with Crippen LogP contribution in [0.2, 0.25) is 0 Å². The number of amides is 1. The predicted octanol–water partition coefficient (Wildman–Crippen LogP) is 2.66. The van der Waals surface area contributed by atoms with Gasteiger partial charge in [-0.25, -0.2) is 9.97 Å². The van der Waals surface area contributed by atoms with Crippen molar-refractivity contribution in [3.8, 4) is 11.5 Å². The van der Waals surface area contributed by atoms with Gasteiger partial charge in [0.05, 0.1) is 17.7 Å². The molecule has 154 valence electrons. The van der Waals surface area contributed by atoms with Crippen LogP contribution in [0.15, 0.2) is 60.9 Å². The molecule has 11 nitrogen and oxygen atoms in total. The fraction of sp³-hybridized carbons (Fsp3) is 0.105. The van der Waals surface area contributed by atoms with Crippen molar-refractivity contribution < 1.29 is 19.2 Å². The lowest BCUT2D eigenvalue weighted by Crippen LogP contribution is -2.34. The van der Waals surface area contributed by atoms with Gasteiger partial charge in [-0.3, -0.25) is 25.8 Å². The molecule has 0 radical (unpaired) electrons. The number of benzene rings is 2. The lowest BCUT2D eigenvalue weighted by atomic mass is 10.3. The highest BCUT2D eigenvalue weighted by molar-refractivity contribution is 5.81. The molecule has 0 unspecified atom stereocenters. The molecule has 0 atom stereocenters. The third-order valence-electron chi connectivity index (χ3n) is 3.80. The Labute approximate surface area is 171 Å². The molecule has 0 saturated heterocycles. The maximum absolute atomic E-state index is 12.0. The van der Waals surface area contributed by atoms with Crippen LogP contribution in [-0.2, 0) is 4.79 Å². The number of anilines is 3. The van der Waals surface area contributed by atoms with E-state index in [9.17, 15) is 14.9 Å². The summed E-state index contributed by atoms with van der Waals surface area (Å²) in [5, 5.41) is 14.5. The van der Waals surface area contributed by atoms with Crippen molar-refractivity contribution in [1.29, 1.82) is 0 Å². The van der Waals surface area contributed by atoms with Crippen LogP contribution in [-0.4, -0.2) is 34.5 Å². The summed E-state index contributed by atoms with van der Waals surface area (Å²) in [7, 11) is 1.48. The molecule has 1 amide bonds. The van der Waals surface area contributed by atoms with E-state index in [4.69, 9.17) is 9.47 Å². The van der Waals surface area contributed by atoms with E-state index in [0.29, 0.717) is 17.2 Å². The normalized spacial score (nSPS) is 10.0. The van der Waals surface area contributed by atoms with Crippen LogP contribution in [0.1, 0.15) is 0 Å². The monoisotopic (exact) mass is 410 g/mol. The summed E-state index contributed by atoms with van der Waals surface area (Å²) >= 11 is 0. The highest BCUT2D eigenvalue weighted by atomic mass is 16.6. The Bertz CT molecular complexity index is 1030. The number of ether oxygens (including phenoxy) is 2. The molecule has 0 fully saturated rings. The summed E-state index contributed by atoms with van der Waals surface area (Å²) in [4.78, 5) is 30.7. The molecule has 0 spiro atoms. The Morgan fingerprint density at radius 2 is 1.77 bits per heavy atom. The van der Waals surface area contributed by atoms with Gasteiger partial charge in [0.25, 0.3) is 5.91 Å². The van der Waals surface area contributed by atoms with Crippen LogP contribution in [0.5, 0.6) is 11.5 Å². The second-order valence-corrected chi connectivity index (χ2v) is 5.78. The molecule has 1 heterocycles. The van der Waals surface area contributed by atoms with E-state index >= 15 is 0 Å². The number of carbonyl (C=O) groups is 1. The number of nitrogens with one attached hydrogen (secondary N) is 3. The van der Waals surface area contributed by atoms with Crippen LogP contribution >= 0.6 is 0 Å². The van der Waals surface area contributed by atoms with Crippen molar-refractivity contribution in [2.24, 2.45) is 0 Å². The van der Waals surface area contributed by atoms with Crippen molar-refractivity contribution in [3.63, 3.8) is 0 Å². The lowest BCUT2D eigenvalue weighted by Gasteiger charge is -2.12. The topological polar surface area (TPSA) is 141 Å². The minimum Gasteiger partial charge on any atom is -0.495 e. The number of para-hydroxylation sites is 3. The van der Waals surface area contributed by atoms with E-state index in [1.807, 2.05) is 6.07 Å². The van der Waals surface area contributed by atoms with Crippen molar-refractivity contribution in [2.75, 3.05) is 24.5 Å². The number of rotatable bonds is 9. The first-order valence-electron chi connectivity index (χ1n) is 8.70. The van der Waals surface area contributed by atoms with Crippen molar-refractivity contribution in [2.45, 2.75) is 0 Å². The quantitative estimate of drug-likeness (QED) is 0.358. The number of methoxy groups -OCH3 is 1. The zero-order valence-corrected chi connectivity index (χ0v) is 15.9. The fourth-order valence-electron chi connectivity index (χ4n) is 2.44. The van der Waals surface area contributed by atoms with E-state index in [-0.39, 0.29) is 18.2 Å². The Morgan fingerprint density at radius 1 is 1.07 bits per heavy atom. The zero-order valence-electron chi connectivity index (χ0n) is 15.9. The molecule has 0 aliphatic carbocycles. The van der Waals surface area contributed by atoms with E-state index < -0.39 is 16.5 Å². The minimum absolute atomic E-state index is 0.0724. The van der Waals surface area contributed by atoms with Crippen LogP contribution in [0.25, 0.3) is 0 Å². The summed E-state index contributed by atoms with van der Waals surface area (Å²) in [6.07, 6.45) is 1.12. The molecule has 30 heavy (non-hydrogen) atoms. The maximum atomic E-state index is 12.0. The Morgan fingerprint density at radius 3 is 2.50 bits per heavy atom. The second kappa shape index (κ2) is 9.68. The molecule has 3 aromatic rings. The smallest absolute Gasteiger partial charge is 0.355 e. The molecule has 0 saturated carbocycles. The average Bonchev–Trinajstić information content (AvgIpc) is 2.77. The van der Waals surface area contributed by atoms with Crippen LogP contribution in [0, 0.1) is 10.1 Å². The number of hydrazine groups is 1. The van der Waals surface area contributed by atoms with Crippen LogP contribution in [0.3, 0.4) is 0 Å². The number of hydrogen-bond acceptors (Lipinski definition) is 9. The number of aromatic nitrogens is 2. The van der Waals surface area contributed by atoms with Gasteiger partial charge in [0, 0.05) is 0 Å². The summed E-state index contributed by atoms with van der Waals surface area (Å²) in [6, 6.07) is 15.6. The van der Waals surface area contributed by atoms with Gasteiger partial charge in [0.1, 0.15) is 17.8 Å². The number of nitrogens with zero attached hydrogens (tertiary/aromatic N) is 3. The molecular formula is C19H18N6O5. The maximum Gasteiger partial charge on any atom is 0.355 e. The van der Waals surface area contributed by atoms with Crippen LogP contribution < -0.4 is 25.6 Å². The molecule has 11 heteroatoms. The SMILES string of the molecule is COc1ccccc1Nc1ncnc(NNC(=O)COc2ccccc2)c1[N+](=O)[O-]. The fourth-order valence-corrected chi connectivity index (χ4v) is 2.44. The first kappa shape index (κ1) is 20.3. The molecule has 0 bridgehead atoms. The molecule has 3 rings (SSSR count). The molecule has 0 aliphatic rings. The minimum atomic E-state index is -0.660. The first-order chi connectivity index (χ1) is 14.6. The highest BCUT2D eigenvalue weighted by Gasteiger charge is 2.24. The summed E-state index contributed by atoms with van der Waals surface area (Å²) in [5.74, 6) is 0.179. The lowest BCUT2D eigenvalue weighted by molar-refractivity contribution is -0.383. The Hall–Kier alpha value is -4.41. The van der Waals surface area contributed by atoms with Gasteiger partial charge in [-0.05, 0) is 24.3 Å². The number of carbonyl (C=O) groups excluding carboxylic acids is 1. The highest BCUT2D eigenvalue weighted by Crippen LogP contribution is 2.33. The van der Waals surface area contributed by atoms with Gasteiger partial charge >= 0.3 is 5.69 Å².